The van der Waals surface area contributed by atoms with E-state index in [9.17, 15) is 0 Å². The Morgan fingerprint density at radius 2 is 2.33 bits per heavy atom. The van der Waals surface area contributed by atoms with Crippen molar-refractivity contribution in [1.82, 2.24) is 14.5 Å². The normalized spacial score (nSPS) is 21.1. The van der Waals surface area contributed by atoms with Crippen molar-refractivity contribution in [3.05, 3.63) is 5.69 Å². The van der Waals surface area contributed by atoms with Crippen LogP contribution in [0.15, 0.2) is 0 Å². The summed E-state index contributed by atoms with van der Waals surface area (Å²) in [5.41, 5.74) is 1.13. The van der Waals surface area contributed by atoms with E-state index < -0.39 is 0 Å². The highest BCUT2D eigenvalue weighted by Crippen LogP contribution is 2.24. The number of piperidine rings is 1. The van der Waals surface area contributed by atoms with Gasteiger partial charge >= 0.3 is 0 Å². The van der Waals surface area contributed by atoms with Gasteiger partial charge in [-0.15, -0.1) is 5.10 Å². The molecule has 1 saturated heterocycles. The second-order valence-electron chi connectivity index (χ2n) is 5.13. The molecule has 0 aliphatic carbocycles. The molecule has 4 nitrogen and oxygen atoms in total. The number of nitrogens with one attached hydrogen (secondary N) is 1. The summed E-state index contributed by atoms with van der Waals surface area (Å²) in [6.45, 7) is 8.88. The van der Waals surface area contributed by atoms with Crippen LogP contribution in [0.2, 0.25) is 0 Å². The van der Waals surface area contributed by atoms with Crippen molar-refractivity contribution in [2.45, 2.75) is 46.1 Å². The minimum atomic E-state index is 0.873. The van der Waals surface area contributed by atoms with E-state index in [4.69, 9.17) is 0 Å². The Morgan fingerprint density at radius 3 is 3.11 bits per heavy atom. The van der Waals surface area contributed by atoms with Crippen molar-refractivity contribution >= 4 is 16.5 Å². The molecular formula is C13H24N4S. The van der Waals surface area contributed by atoms with Crippen LogP contribution in [0.1, 0.15) is 45.2 Å². The number of anilines is 1. The monoisotopic (exact) mass is 268 g/mol. The third-order valence-corrected chi connectivity index (χ3v) is 4.37. The lowest BCUT2D eigenvalue weighted by molar-refractivity contribution is 0.163. The maximum Gasteiger partial charge on any atom is 0.134 e. The molecule has 1 aromatic rings. The van der Waals surface area contributed by atoms with Crippen molar-refractivity contribution in [2.24, 2.45) is 5.92 Å². The highest BCUT2D eigenvalue weighted by molar-refractivity contribution is 7.10. The molecule has 0 saturated carbocycles. The summed E-state index contributed by atoms with van der Waals surface area (Å²) in [7, 11) is 0. The highest BCUT2D eigenvalue weighted by Gasteiger charge is 2.20. The van der Waals surface area contributed by atoms with Gasteiger partial charge in [0.15, 0.2) is 0 Å². The standard InChI is InChI=1S/C13H24N4S/c1-3-7-14-13-12(15-16-18-13)10-17-8-5-6-11(4-2)9-17/h11,14H,3-10H2,1-2H3. The summed E-state index contributed by atoms with van der Waals surface area (Å²) in [4.78, 5) is 2.53. The van der Waals surface area contributed by atoms with Gasteiger partial charge in [-0.3, -0.25) is 4.90 Å². The lowest BCUT2D eigenvalue weighted by Gasteiger charge is -2.31. The molecule has 1 atom stereocenters. The van der Waals surface area contributed by atoms with E-state index in [1.807, 2.05) is 0 Å². The van der Waals surface area contributed by atoms with Crippen LogP contribution in [0, 0.1) is 5.92 Å². The van der Waals surface area contributed by atoms with Gasteiger partial charge in [0.1, 0.15) is 10.7 Å². The smallest absolute Gasteiger partial charge is 0.134 e. The summed E-state index contributed by atoms with van der Waals surface area (Å²) in [5, 5.41) is 8.87. The van der Waals surface area contributed by atoms with E-state index in [1.54, 1.807) is 0 Å². The molecular weight excluding hydrogens is 244 g/mol. The number of hydrogen-bond acceptors (Lipinski definition) is 5. The zero-order valence-corrected chi connectivity index (χ0v) is 12.3. The van der Waals surface area contributed by atoms with E-state index in [2.05, 4.69) is 33.7 Å². The molecule has 2 heterocycles. The molecule has 1 fully saturated rings. The van der Waals surface area contributed by atoms with E-state index in [0.29, 0.717) is 0 Å². The van der Waals surface area contributed by atoms with Gasteiger partial charge < -0.3 is 5.32 Å². The first kappa shape index (κ1) is 13.7. The first-order valence-electron chi connectivity index (χ1n) is 7.11. The minimum absolute atomic E-state index is 0.873. The van der Waals surface area contributed by atoms with E-state index in [0.717, 1.165) is 36.1 Å². The Labute approximate surface area is 114 Å². The SMILES string of the molecule is CCCNc1snnc1CN1CCCC(CC)C1. The molecule has 0 aromatic carbocycles. The van der Waals surface area contributed by atoms with Crippen LogP contribution < -0.4 is 5.32 Å². The average molecular weight is 268 g/mol. The lowest BCUT2D eigenvalue weighted by Crippen LogP contribution is -2.34. The van der Waals surface area contributed by atoms with Gasteiger partial charge in [0, 0.05) is 31.2 Å². The molecule has 102 valence electrons. The number of nitrogens with zero attached hydrogens (tertiary/aromatic N) is 3. The third-order valence-electron chi connectivity index (χ3n) is 3.65. The summed E-state index contributed by atoms with van der Waals surface area (Å²) in [6.07, 6.45) is 5.16. The Bertz CT molecular complexity index is 353. The van der Waals surface area contributed by atoms with Crippen LogP contribution in [0.25, 0.3) is 0 Å². The maximum absolute atomic E-state index is 4.28. The zero-order chi connectivity index (χ0) is 12.8. The quantitative estimate of drug-likeness (QED) is 0.861. The van der Waals surface area contributed by atoms with Crippen LogP contribution in [0.3, 0.4) is 0 Å². The van der Waals surface area contributed by atoms with Crippen LogP contribution in [-0.4, -0.2) is 34.1 Å². The fraction of sp³-hybridized carbons (Fsp3) is 0.846. The van der Waals surface area contributed by atoms with Gasteiger partial charge in [-0.2, -0.15) is 0 Å². The molecule has 5 heteroatoms. The molecule has 1 aromatic heterocycles. The van der Waals surface area contributed by atoms with Crippen molar-refractivity contribution in [1.29, 1.82) is 0 Å². The second kappa shape index (κ2) is 7.04. The van der Waals surface area contributed by atoms with E-state index in [-0.39, 0.29) is 0 Å². The molecule has 1 aliphatic heterocycles. The lowest BCUT2D eigenvalue weighted by atomic mass is 9.95. The number of hydrogen-bond donors (Lipinski definition) is 1. The average Bonchev–Trinajstić information content (AvgIpc) is 2.84. The van der Waals surface area contributed by atoms with Crippen LogP contribution in [0.5, 0.6) is 0 Å². The Kier molecular flexibility index (Phi) is 5.38. The van der Waals surface area contributed by atoms with Gasteiger partial charge in [-0.1, -0.05) is 24.8 Å². The van der Waals surface area contributed by atoms with E-state index >= 15 is 0 Å². The fourth-order valence-electron chi connectivity index (χ4n) is 2.52. The third kappa shape index (κ3) is 3.65. The molecule has 18 heavy (non-hydrogen) atoms. The molecule has 2 rings (SSSR count). The Balaban J connectivity index is 1.90. The summed E-state index contributed by atoms with van der Waals surface area (Å²) in [5.74, 6) is 0.873. The van der Waals surface area contributed by atoms with Crippen LogP contribution in [0.4, 0.5) is 5.00 Å². The summed E-state index contributed by atoms with van der Waals surface area (Å²) >= 11 is 1.49. The maximum atomic E-state index is 4.28. The van der Waals surface area contributed by atoms with Gasteiger partial charge in [0.25, 0.3) is 0 Å². The van der Waals surface area contributed by atoms with Gasteiger partial charge in [-0.25, -0.2) is 0 Å². The van der Waals surface area contributed by atoms with Gasteiger partial charge in [-0.05, 0) is 31.7 Å². The molecule has 1 unspecified atom stereocenters. The van der Waals surface area contributed by atoms with Crippen molar-refractivity contribution < 1.29 is 0 Å². The molecule has 1 aliphatic rings. The summed E-state index contributed by atoms with van der Waals surface area (Å²) < 4.78 is 4.08. The molecule has 0 bridgehead atoms. The molecule has 1 N–H and O–H groups in total. The Hall–Kier alpha value is -0.680. The predicted molar refractivity (Wildman–Crippen MR) is 77.0 cm³/mol. The molecule has 0 spiro atoms. The predicted octanol–water partition coefficient (Wildman–Crippen LogP) is 2.98. The minimum Gasteiger partial charge on any atom is -0.374 e. The first-order valence-corrected chi connectivity index (χ1v) is 7.88. The van der Waals surface area contributed by atoms with Crippen molar-refractivity contribution in [2.75, 3.05) is 25.0 Å². The van der Waals surface area contributed by atoms with Gasteiger partial charge in [0.2, 0.25) is 0 Å². The Morgan fingerprint density at radius 1 is 1.44 bits per heavy atom. The molecule has 0 amide bonds. The van der Waals surface area contributed by atoms with Crippen LogP contribution >= 0.6 is 11.5 Å². The first-order chi connectivity index (χ1) is 8.83. The van der Waals surface area contributed by atoms with E-state index in [1.165, 1.54) is 43.9 Å². The number of rotatable bonds is 6. The number of likely N-dealkylation sites (tertiary alicyclic amines) is 1. The largest absolute Gasteiger partial charge is 0.374 e. The van der Waals surface area contributed by atoms with Crippen molar-refractivity contribution in [3.63, 3.8) is 0 Å². The van der Waals surface area contributed by atoms with Crippen molar-refractivity contribution in [3.8, 4) is 0 Å². The zero-order valence-electron chi connectivity index (χ0n) is 11.5. The van der Waals surface area contributed by atoms with Crippen LogP contribution in [-0.2, 0) is 6.54 Å². The highest BCUT2D eigenvalue weighted by atomic mass is 32.1. The topological polar surface area (TPSA) is 41.1 Å². The second-order valence-corrected chi connectivity index (χ2v) is 5.88. The fourth-order valence-corrected chi connectivity index (χ4v) is 3.12. The summed E-state index contributed by atoms with van der Waals surface area (Å²) in [6, 6.07) is 0. The number of aromatic nitrogens is 2. The van der Waals surface area contributed by atoms with Gasteiger partial charge in [0.05, 0.1) is 0 Å². The molecule has 0 radical (unpaired) electrons.